The Morgan fingerprint density at radius 2 is 2.18 bits per heavy atom. The molecule has 1 amide bonds. The quantitative estimate of drug-likeness (QED) is 0.828. The Morgan fingerprint density at radius 1 is 1.47 bits per heavy atom. The van der Waals surface area contributed by atoms with Gasteiger partial charge in [-0.25, -0.2) is 0 Å². The second-order valence-corrected chi connectivity index (χ2v) is 3.71. The molecule has 6 heteroatoms. The van der Waals surface area contributed by atoms with Crippen LogP contribution in [0.1, 0.15) is 5.56 Å². The molecule has 92 valence electrons. The van der Waals surface area contributed by atoms with Gasteiger partial charge in [0, 0.05) is 5.02 Å². The van der Waals surface area contributed by atoms with Gasteiger partial charge in [0.2, 0.25) is 5.91 Å². The molecule has 0 atom stereocenters. The fourth-order valence-electron chi connectivity index (χ4n) is 1.21. The highest BCUT2D eigenvalue weighted by Crippen LogP contribution is 2.22. The van der Waals surface area contributed by atoms with Crippen molar-refractivity contribution >= 4 is 23.5 Å². The average molecular weight is 258 g/mol. The number of amides is 1. The van der Waals surface area contributed by atoms with Crippen LogP contribution in [0.3, 0.4) is 0 Å². The number of hydrogen-bond acceptors (Lipinski definition) is 3. The van der Waals surface area contributed by atoms with Crippen LogP contribution in [-0.2, 0) is 16.0 Å². The Bertz CT molecular complexity index is 433. The first-order valence-corrected chi connectivity index (χ1v) is 5.21. The molecule has 0 aliphatic carbocycles. The Kier molecular flexibility index (Phi) is 4.78. The number of carbonyl (C=O) groups is 2. The van der Waals surface area contributed by atoms with Crippen molar-refractivity contribution in [2.45, 2.75) is 6.42 Å². The Hall–Kier alpha value is -1.75. The first kappa shape index (κ1) is 13.3. The predicted octanol–water partition coefficient (Wildman–Crippen LogP) is 1.09. The van der Waals surface area contributed by atoms with Gasteiger partial charge in [-0.05, 0) is 17.7 Å². The fourth-order valence-corrected chi connectivity index (χ4v) is 1.45. The van der Waals surface area contributed by atoms with Gasteiger partial charge < -0.3 is 15.2 Å². The number of carboxylic acid groups (broad SMARTS) is 1. The third-order valence-corrected chi connectivity index (χ3v) is 2.40. The molecule has 0 aliphatic heterocycles. The molecule has 0 radical (unpaired) electrons. The number of carbonyl (C=O) groups excluding carboxylic acids is 1. The zero-order chi connectivity index (χ0) is 12.8. The number of methoxy groups -OCH3 is 1. The standard InChI is InChI=1S/C11H12ClNO4/c1-17-8-3-2-7(9(12)5-8)4-10(14)13-6-11(15)16/h2-3,5H,4,6H2,1H3,(H,13,14)(H,15,16). The summed E-state index contributed by atoms with van der Waals surface area (Å²) in [6.45, 7) is -0.396. The summed E-state index contributed by atoms with van der Waals surface area (Å²) in [5.41, 5.74) is 0.621. The van der Waals surface area contributed by atoms with Crippen LogP contribution in [0.2, 0.25) is 5.02 Å². The van der Waals surface area contributed by atoms with Crippen molar-refractivity contribution in [3.8, 4) is 5.75 Å². The van der Waals surface area contributed by atoms with Crippen LogP contribution < -0.4 is 10.1 Å². The van der Waals surface area contributed by atoms with Crippen molar-refractivity contribution in [1.82, 2.24) is 5.32 Å². The van der Waals surface area contributed by atoms with Crippen LogP contribution in [-0.4, -0.2) is 30.6 Å². The molecule has 1 aromatic carbocycles. The Labute approximate surface area is 103 Å². The lowest BCUT2D eigenvalue weighted by Gasteiger charge is -2.06. The number of aliphatic carboxylic acids is 1. The minimum absolute atomic E-state index is 0.0378. The highest BCUT2D eigenvalue weighted by Gasteiger charge is 2.08. The summed E-state index contributed by atoms with van der Waals surface area (Å²) in [4.78, 5) is 21.6. The van der Waals surface area contributed by atoms with E-state index >= 15 is 0 Å². The van der Waals surface area contributed by atoms with E-state index in [2.05, 4.69) is 5.32 Å². The van der Waals surface area contributed by atoms with Gasteiger partial charge in [-0.2, -0.15) is 0 Å². The second kappa shape index (κ2) is 6.10. The van der Waals surface area contributed by atoms with Crippen LogP contribution >= 0.6 is 11.6 Å². The molecule has 0 aliphatic rings. The number of halogens is 1. The van der Waals surface area contributed by atoms with E-state index in [1.54, 1.807) is 18.2 Å². The summed E-state index contributed by atoms with van der Waals surface area (Å²) in [6.07, 6.45) is 0.0378. The molecule has 0 heterocycles. The molecule has 0 saturated heterocycles. The van der Waals surface area contributed by atoms with Gasteiger partial charge in [-0.1, -0.05) is 17.7 Å². The molecule has 1 aromatic rings. The van der Waals surface area contributed by atoms with Crippen LogP contribution in [0.4, 0.5) is 0 Å². The first-order valence-electron chi connectivity index (χ1n) is 4.84. The van der Waals surface area contributed by atoms with Crippen LogP contribution in [0, 0.1) is 0 Å². The maximum absolute atomic E-state index is 11.4. The van der Waals surface area contributed by atoms with Crippen LogP contribution in [0.25, 0.3) is 0 Å². The van der Waals surface area contributed by atoms with Gasteiger partial charge in [0.25, 0.3) is 0 Å². The summed E-state index contributed by atoms with van der Waals surface area (Å²) in [5, 5.41) is 11.1. The minimum atomic E-state index is -1.08. The molecule has 0 saturated carbocycles. The molecular weight excluding hydrogens is 246 g/mol. The molecule has 0 spiro atoms. The van der Waals surface area contributed by atoms with Gasteiger partial charge in [-0.3, -0.25) is 9.59 Å². The fraction of sp³-hybridized carbons (Fsp3) is 0.273. The van der Waals surface area contributed by atoms with Gasteiger partial charge in [0.15, 0.2) is 0 Å². The largest absolute Gasteiger partial charge is 0.497 e. The van der Waals surface area contributed by atoms with Crippen molar-refractivity contribution < 1.29 is 19.4 Å². The number of nitrogens with one attached hydrogen (secondary N) is 1. The van der Waals surface area contributed by atoms with Crippen molar-refractivity contribution in [3.63, 3.8) is 0 Å². The number of benzene rings is 1. The molecule has 0 bridgehead atoms. The topological polar surface area (TPSA) is 75.6 Å². The summed E-state index contributed by atoms with van der Waals surface area (Å²) in [5.74, 6) is -0.872. The van der Waals surface area contributed by atoms with E-state index < -0.39 is 12.5 Å². The van der Waals surface area contributed by atoms with Gasteiger partial charge >= 0.3 is 5.97 Å². The van der Waals surface area contributed by atoms with Crippen molar-refractivity contribution in [3.05, 3.63) is 28.8 Å². The zero-order valence-corrected chi connectivity index (χ0v) is 9.95. The molecule has 5 nitrogen and oxygen atoms in total. The maximum atomic E-state index is 11.4. The first-order chi connectivity index (χ1) is 8.02. The van der Waals surface area contributed by atoms with E-state index in [1.165, 1.54) is 7.11 Å². The molecule has 0 fully saturated rings. The molecule has 1 rings (SSSR count). The average Bonchev–Trinajstić information content (AvgIpc) is 2.29. The number of hydrogen-bond donors (Lipinski definition) is 2. The van der Waals surface area contributed by atoms with Gasteiger partial charge in [0.1, 0.15) is 12.3 Å². The third kappa shape index (κ3) is 4.32. The predicted molar refractivity (Wildman–Crippen MR) is 62.4 cm³/mol. The van der Waals surface area contributed by atoms with E-state index in [0.717, 1.165) is 0 Å². The summed E-state index contributed by atoms with van der Waals surface area (Å²) in [6, 6.07) is 4.95. The smallest absolute Gasteiger partial charge is 0.322 e. The second-order valence-electron chi connectivity index (χ2n) is 3.30. The Balaban J connectivity index is 2.62. The summed E-state index contributed by atoms with van der Waals surface area (Å²) in [7, 11) is 1.52. The lowest BCUT2D eigenvalue weighted by atomic mass is 10.1. The highest BCUT2D eigenvalue weighted by atomic mass is 35.5. The van der Waals surface area contributed by atoms with Crippen molar-refractivity contribution in [1.29, 1.82) is 0 Å². The van der Waals surface area contributed by atoms with Crippen LogP contribution in [0.5, 0.6) is 5.75 Å². The van der Waals surface area contributed by atoms with Crippen LogP contribution in [0.15, 0.2) is 18.2 Å². The lowest BCUT2D eigenvalue weighted by molar-refractivity contribution is -0.137. The van der Waals surface area contributed by atoms with E-state index in [0.29, 0.717) is 16.3 Å². The number of carboxylic acids is 1. The van der Waals surface area contributed by atoms with Gasteiger partial charge in [0.05, 0.1) is 13.5 Å². The van der Waals surface area contributed by atoms with Gasteiger partial charge in [-0.15, -0.1) is 0 Å². The zero-order valence-electron chi connectivity index (χ0n) is 9.20. The summed E-state index contributed by atoms with van der Waals surface area (Å²) >= 11 is 5.94. The van der Waals surface area contributed by atoms with E-state index in [4.69, 9.17) is 21.4 Å². The maximum Gasteiger partial charge on any atom is 0.322 e. The SMILES string of the molecule is COc1ccc(CC(=O)NCC(=O)O)c(Cl)c1. The molecule has 0 unspecified atom stereocenters. The molecule has 0 aromatic heterocycles. The Morgan fingerprint density at radius 3 is 2.71 bits per heavy atom. The lowest BCUT2D eigenvalue weighted by Crippen LogP contribution is -2.30. The monoisotopic (exact) mass is 257 g/mol. The normalized spacial score (nSPS) is 9.76. The summed E-state index contributed by atoms with van der Waals surface area (Å²) < 4.78 is 4.97. The number of ether oxygens (including phenoxy) is 1. The third-order valence-electron chi connectivity index (χ3n) is 2.05. The van der Waals surface area contributed by atoms with E-state index in [-0.39, 0.29) is 12.3 Å². The van der Waals surface area contributed by atoms with Crippen molar-refractivity contribution in [2.75, 3.05) is 13.7 Å². The highest BCUT2D eigenvalue weighted by molar-refractivity contribution is 6.31. The van der Waals surface area contributed by atoms with Crippen molar-refractivity contribution in [2.24, 2.45) is 0 Å². The van der Waals surface area contributed by atoms with E-state index in [9.17, 15) is 9.59 Å². The van der Waals surface area contributed by atoms with E-state index in [1.807, 2.05) is 0 Å². The molecule has 2 N–H and O–H groups in total. The molecular formula is C11H12ClNO4. The number of rotatable bonds is 5. The molecule has 17 heavy (non-hydrogen) atoms. The minimum Gasteiger partial charge on any atom is -0.497 e.